The zero-order valence-electron chi connectivity index (χ0n) is 11.8. The van der Waals surface area contributed by atoms with Crippen LogP contribution >= 0.6 is 24.8 Å². The lowest BCUT2D eigenvalue weighted by Gasteiger charge is -2.20. The van der Waals surface area contributed by atoms with Gasteiger partial charge in [0.25, 0.3) is 0 Å². The molecule has 0 saturated carbocycles. The zero-order chi connectivity index (χ0) is 11.5. The number of hydrogen-bond acceptors (Lipinski definition) is 3. The molecule has 0 aromatic carbocycles. The van der Waals surface area contributed by atoms with Gasteiger partial charge in [-0.1, -0.05) is 27.7 Å². The van der Waals surface area contributed by atoms with Crippen molar-refractivity contribution in [1.82, 2.24) is 9.80 Å². The normalized spacial score (nSPS) is 10.2. The molecule has 0 unspecified atom stereocenters. The third kappa shape index (κ3) is 12.7. The van der Waals surface area contributed by atoms with Gasteiger partial charge in [0.2, 0.25) is 0 Å². The predicted molar refractivity (Wildman–Crippen MR) is 80.9 cm³/mol. The van der Waals surface area contributed by atoms with Gasteiger partial charge in [-0.2, -0.15) is 0 Å². The van der Waals surface area contributed by atoms with Gasteiger partial charge in [-0.15, -0.1) is 24.8 Å². The lowest BCUT2D eigenvalue weighted by molar-refractivity contribution is 0.0876. The maximum Gasteiger partial charge on any atom is 0.0594 e. The molecule has 17 heavy (non-hydrogen) atoms. The molecule has 108 valence electrons. The summed E-state index contributed by atoms with van der Waals surface area (Å²) in [6.45, 7) is 17.1. The van der Waals surface area contributed by atoms with Crippen molar-refractivity contribution in [3.05, 3.63) is 0 Å². The summed E-state index contributed by atoms with van der Waals surface area (Å²) in [6.07, 6.45) is 0. The van der Waals surface area contributed by atoms with E-state index in [0.29, 0.717) is 0 Å². The van der Waals surface area contributed by atoms with Gasteiger partial charge in [0.15, 0.2) is 0 Å². The molecule has 0 bridgehead atoms. The van der Waals surface area contributed by atoms with Crippen molar-refractivity contribution in [2.45, 2.75) is 27.7 Å². The lowest BCUT2D eigenvalue weighted by Crippen LogP contribution is -2.30. The molecular formula is C12H30Cl2N2O. The number of ether oxygens (including phenoxy) is 1. The summed E-state index contributed by atoms with van der Waals surface area (Å²) in [6, 6.07) is 0. The Morgan fingerprint density at radius 2 is 0.941 bits per heavy atom. The van der Waals surface area contributed by atoms with E-state index in [4.69, 9.17) is 4.74 Å². The molecule has 0 aromatic heterocycles. The van der Waals surface area contributed by atoms with E-state index in [9.17, 15) is 0 Å². The Hall–Kier alpha value is 0.460. The first-order valence-corrected chi connectivity index (χ1v) is 6.30. The summed E-state index contributed by atoms with van der Waals surface area (Å²) in [4.78, 5) is 4.77. The molecule has 0 N–H and O–H groups in total. The molecule has 0 aromatic rings. The van der Waals surface area contributed by atoms with Crippen LogP contribution in [0.4, 0.5) is 0 Å². The van der Waals surface area contributed by atoms with Crippen LogP contribution in [0.2, 0.25) is 0 Å². The zero-order valence-corrected chi connectivity index (χ0v) is 13.4. The smallest absolute Gasteiger partial charge is 0.0594 e. The van der Waals surface area contributed by atoms with Crippen molar-refractivity contribution in [3.8, 4) is 0 Å². The average molecular weight is 289 g/mol. The van der Waals surface area contributed by atoms with Gasteiger partial charge in [-0.3, -0.25) is 0 Å². The minimum Gasteiger partial charge on any atom is -0.379 e. The minimum absolute atomic E-state index is 0. The summed E-state index contributed by atoms with van der Waals surface area (Å²) >= 11 is 0. The van der Waals surface area contributed by atoms with Crippen molar-refractivity contribution in [1.29, 1.82) is 0 Å². The molecule has 0 heterocycles. The fourth-order valence-electron chi connectivity index (χ4n) is 1.57. The highest BCUT2D eigenvalue weighted by atomic mass is 35.5. The van der Waals surface area contributed by atoms with Crippen LogP contribution in [0, 0.1) is 0 Å². The van der Waals surface area contributed by atoms with Crippen molar-refractivity contribution in [2.75, 3.05) is 52.5 Å². The molecule has 0 aliphatic rings. The van der Waals surface area contributed by atoms with Gasteiger partial charge in [0, 0.05) is 13.1 Å². The van der Waals surface area contributed by atoms with Crippen molar-refractivity contribution >= 4 is 24.8 Å². The van der Waals surface area contributed by atoms with Gasteiger partial charge in [-0.25, -0.2) is 0 Å². The van der Waals surface area contributed by atoms with Gasteiger partial charge < -0.3 is 14.5 Å². The van der Waals surface area contributed by atoms with E-state index < -0.39 is 0 Å². The Labute approximate surface area is 120 Å². The number of likely N-dealkylation sites (N-methyl/N-ethyl adjacent to an activating group) is 2. The Balaban J connectivity index is -0.000000980. The van der Waals surface area contributed by atoms with Crippen molar-refractivity contribution in [3.63, 3.8) is 0 Å². The summed E-state index contributed by atoms with van der Waals surface area (Å²) in [5.41, 5.74) is 0. The minimum atomic E-state index is 0. The first-order valence-electron chi connectivity index (χ1n) is 6.30. The maximum absolute atomic E-state index is 5.62. The number of hydrogen-bond donors (Lipinski definition) is 0. The predicted octanol–water partition coefficient (Wildman–Crippen LogP) is 2.53. The molecule has 5 heteroatoms. The van der Waals surface area contributed by atoms with Crippen LogP contribution in [0.5, 0.6) is 0 Å². The third-order valence-electron chi connectivity index (χ3n) is 2.89. The lowest BCUT2D eigenvalue weighted by atomic mass is 10.5. The van der Waals surface area contributed by atoms with Crippen LogP contribution in [0.3, 0.4) is 0 Å². The maximum atomic E-state index is 5.62. The van der Waals surface area contributed by atoms with Crippen LogP contribution in [0.1, 0.15) is 27.7 Å². The molecule has 0 spiro atoms. The van der Waals surface area contributed by atoms with E-state index >= 15 is 0 Å². The molecule has 0 atom stereocenters. The average Bonchev–Trinajstić information content (AvgIpc) is 2.29. The van der Waals surface area contributed by atoms with Crippen LogP contribution in [0.25, 0.3) is 0 Å². The van der Waals surface area contributed by atoms with E-state index in [1.54, 1.807) is 0 Å². The van der Waals surface area contributed by atoms with Crippen molar-refractivity contribution < 1.29 is 4.74 Å². The SMILES string of the molecule is CCN(CC)CCOCCN(CC)CC.Cl.Cl. The van der Waals surface area contributed by atoms with Crippen LogP contribution < -0.4 is 0 Å². The standard InChI is InChI=1S/C12H28N2O.2ClH/c1-5-13(6-2)9-11-15-12-10-14(7-3)8-4;;/h5-12H2,1-4H3;2*1H. The Kier molecular flexibility index (Phi) is 21.9. The third-order valence-corrected chi connectivity index (χ3v) is 2.89. The summed E-state index contributed by atoms with van der Waals surface area (Å²) in [7, 11) is 0. The molecule has 0 aliphatic heterocycles. The Bertz CT molecular complexity index is 118. The fraction of sp³-hybridized carbons (Fsp3) is 1.00. The monoisotopic (exact) mass is 288 g/mol. The molecule has 0 fully saturated rings. The first kappa shape index (κ1) is 22.6. The highest BCUT2D eigenvalue weighted by molar-refractivity contribution is 5.85. The van der Waals surface area contributed by atoms with Crippen LogP contribution in [-0.4, -0.2) is 62.3 Å². The summed E-state index contributed by atoms with van der Waals surface area (Å²) in [5.74, 6) is 0. The number of nitrogens with zero attached hydrogens (tertiary/aromatic N) is 2. The van der Waals surface area contributed by atoms with Crippen molar-refractivity contribution in [2.24, 2.45) is 0 Å². The second kappa shape index (κ2) is 16.5. The Morgan fingerprint density at radius 3 is 1.18 bits per heavy atom. The van der Waals surface area contributed by atoms with E-state index in [1.807, 2.05) is 0 Å². The summed E-state index contributed by atoms with van der Waals surface area (Å²) in [5, 5.41) is 0. The fourth-order valence-corrected chi connectivity index (χ4v) is 1.57. The summed E-state index contributed by atoms with van der Waals surface area (Å²) < 4.78 is 5.62. The highest BCUT2D eigenvalue weighted by Crippen LogP contribution is 1.89. The quantitative estimate of drug-likeness (QED) is 0.575. The van der Waals surface area contributed by atoms with E-state index in [-0.39, 0.29) is 24.8 Å². The van der Waals surface area contributed by atoms with Gasteiger partial charge in [0.05, 0.1) is 13.2 Å². The molecule has 0 saturated heterocycles. The topological polar surface area (TPSA) is 15.7 Å². The van der Waals surface area contributed by atoms with E-state index in [1.165, 1.54) is 0 Å². The Morgan fingerprint density at radius 1 is 0.647 bits per heavy atom. The van der Waals surface area contributed by atoms with Gasteiger partial charge >= 0.3 is 0 Å². The van der Waals surface area contributed by atoms with E-state index in [0.717, 1.165) is 52.5 Å². The van der Waals surface area contributed by atoms with Crippen LogP contribution in [0.15, 0.2) is 0 Å². The number of halogens is 2. The van der Waals surface area contributed by atoms with E-state index in [2.05, 4.69) is 37.5 Å². The second-order valence-electron chi connectivity index (χ2n) is 3.67. The highest BCUT2D eigenvalue weighted by Gasteiger charge is 2.00. The number of rotatable bonds is 10. The van der Waals surface area contributed by atoms with Gasteiger partial charge in [-0.05, 0) is 26.2 Å². The molecule has 0 rings (SSSR count). The first-order chi connectivity index (χ1) is 7.28. The molecule has 0 radical (unpaired) electrons. The molecular weight excluding hydrogens is 259 g/mol. The van der Waals surface area contributed by atoms with Gasteiger partial charge in [0.1, 0.15) is 0 Å². The second-order valence-corrected chi connectivity index (χ2v) is 3.67. The molecule has 0 aliphatic carbocycles. The molecule has 0 amide bonds. The van der Waals surface area contributed by atoms with Crippen LogP contribution in [-0.2, 0) is 4.74 Å². The largest absolute Gasteiger partial charge is 0.379 e. The molecule has 3 nitrogen and oxygen atoms in total.